The maximum atomic E-state index is 12.1. The van der Waals surface area contributed by atoms with Crippen molar-refractivity contribution in [2.45, 2.75) is 25.9 Å². The highest BCUT2D eigenvalue weighted by atomic mass is 16.7. The number of amides is 2. The van der Waals surface area contributed by atoms with Crippen molar-refractivity contribution in [3.8, 4) is 0 Å². The summed E-state index contributed by atoms with van der Waals surface area (Å²) in [6.45, 7) is 1.33. The third-order valence-corrected chi connectivity index (χ3v) is 4.35. The van der Waals surface area contributed by atoms with Crippen molar-refractivity contribution >= 4 is 34.5 Å². The van der Waals surface area contributed by atoms with E-state index in [9.17, 15) is 14.4 Å². The normalized spacial score (nSPS) is 13.7. The van der Waals surface area contributed by atoms with Crippen LogP contribution in [-0.2, 0) is 37.0 Å². The van der Waals surface area contributed by atoms with E-state index in [0.717, 1.165) is 21.9 Å². The Balaban J connectivity index is 1.56. The first kappa shape index (κ1) is 20.3. The fourth-order valence-electron chi connectivity index (χ4n) is 2.95. The van der Waals surface area contributed by atoms with Crippen LogP contribution < -0.4 is 11.1 Å². The van der Waals surface area contributed by atoms with E-state index < -0.39 is 17.8 Å². The molecule has 1 heterocycles. The lowest BCUT2D eigenvalue weighted by molar-refractivity contribution is -0.197. The Morgan fingerprint density at radius 2 is 1.69 bits per heavy atom. The third kappa shape index (κ3) is 5.52. The molecule has 29 heavy (non-hydrogen) atoms. The minimum Gasteiger partial charge on any atom is -0.375 e. The topological polar surface area (TPSA) is 135 Å². The average molecular weight is 398 g/mol. The van der Waals surface area contributed by atoms with Gasteiger partial charge >= 0.3 is 5.97 Å². The number of guanidine groups is 1. The molecule has 0 spiro atoms. The summed E-state index contributed by atoms with van der Waals surface area (Å²) >= 11 is 0. The van der Waals surface area contributed by atoms with E-state index in [2.05, 4.69) is 5.32 Å². The van der Waals surface area contributed by atoms with E-state index in [0.29, 0.717) is 24.8 Å². The number of nitrogens with two attached hydrogens (primary N) is 1. The molecular weight excluding hydrogens is 376 g/mol. The Hall–Kier alpha value is -3.46. The molecular formula is C20H22N4O5. The zero-order valence-electron chi connectivity index (χ0n) is 15.8. The Bertz CT molecular complexity index is 943. The number of ether oxygens (including phenoxy) is 1. The van der Waals surface area contributed by atoms with Crippen molar-refractivity contribution in [2.24, 2.45) is 5.73 Å². The molecule has 2 aromatic carbocycles. The van der Waals surface area contributed by atoms with Crippen molar-refractivity contribution in [3.05, 3.63) is 47.5 Å². The number of hydroxylamine groups is 2. The highest BCUT2D eigenvalue weighted by Gasteiger charge is 2.32. The average Bonchev–Trinajstić information content (AvgIpc) is 2.99. The number of nitrogens with zero attached hydrogens (tertiary/aromatic N) is 1. The Morgan fingerprint density at radius 3 is 2.34 bits per heavy atom. The van der Waals surface area contributed by atoms with Crippen LogP contribution >= 0.6 is 0 Å². The first-order valence-corrected chi connectivity index (χ1v) is 9.16. The molecule has 9 heteroatoms. The summed E-state index contributed by atoms with van der Waals surface area (Å²) in [7, 11) is 0. The largest absolute Gasteiger partial charge is 0.375 e. The molecule has 0 saturated carbocycles. The van der Waals surface area contributed by atoms with Crippen LogP contribution in [-0.4, -0.2) is 42.0 Å². The molecule has 4 N–H and O–H groups in total. The minimum atomic E-state index is -0.655. The third-order valence-electron chi connectivity index (χ3n) is 4.35. The first-order chi connectivity index (χ1) is 13.9. The number of hydrogen-bond donors (Lipinski definition) is 3. The number of nitrogens with one attached hydrogen (secondary N) is 2. The van der Waals surface area contributed by atoms with Crippen LogP contribution in [0.1, 0.15) is 24.0 Å². The van der Waals surface area contributed by atoms with Gasteiger partial charge in [-0.25, -0.2) is 4.79 Å². The number of fused-ring (bicyclic) bond motifs is 1. The molecule has 0 unspecified atom stereocenters. The summed E-state index contributed by atoms with van der Waals surface area (Å²) < 4.78 is 5.54. The molecule has 152 valence electrons. The molecule has 2 amide bonds. The quantitative estimate of drug-likeness (QED) is 0.261. The van der Waals surface area contributed by atoms with Crippen LogP contribution in [0.25, 0.3) is 10.8 Å². The van der Waals surface area contributed by atoms with Gasteiger partial charge in [-0.15, -0.1) is 5.06 Å². The number of imide groups is 1. The van der Waals surface area contributed by atoms with Crippen LogP contribution in [0.4, 0.5) is 0 Å². The number of hydrogen-bond acceptors (Lipinski definition) is 6. The summed E-state index contributed by atoms with van der Waals surface area (Å²) in [5.41, 5.74) is 6.92. The number of carbonyl (C=O) groups is 3. The van der Waals surface area contributed by atoms with Gasteiger partial charge in [0.15, 0.2) is 5.96 Å². The highest BCUT2D eigenvalue weighted by Crippen LogP contribution is 2.20. The number of carbonyl (C=O) groups excluding carboxylic acids is 3. The van der Waals surface area contributed by atoms with Crippen LogP contribution in [0.2, 0.25) is 0 Å². The van der Waals surface area contributed by atoms with Crippen LogP contribution in [0.15, 0.2) is 36.4 Å². The molecule has 0 radical (unpaired) electrons. The maximum absolute atomic E-state index is 12.1. The molecule has 2 aromatic rings. The van der Waals surface area contributed by atoms with Crippen molar-refractivity contribution in [2.75, 3.05) is 13.2 Å². The van der Waals surface area contributed by atoms with E-state index in [1.807, 2.05) is 30.3 Å². The lowest BCUT2D eigenvalue weighted by Crippen LogP contribution is -2.32. The van der Waals surface area contributed by atoms with Crippen molar-refractivity contribution in [1.82, 2.24) is 10.4 Å². The molecule has 0 atom stereocenters. The minimum absolute atomic E-state index is 0.0407. The lowest BCUT2D eigenvalue weighted by atomic mass is 10.0. The standard InChI is InChI=1S/C20H22N4O5/c21-20(22)23-7-8-28-12-14-2-4-15-9-13(1-3-16(15)10-14)11-19(27)29-24-17(25)5-6-18(24)26/h1-4,9-10H,5-8,11-12H2,(H4,21,22,23). The summed E-state index contributed by atoms with van der Waals surface area (Å²) in [5, 5.41) is 12.2. The van der Waals surface area contributed by atoms with E-state index >= 15 is 0 Å². The Morgan fingerprint density at radius 1 is 1.07 bits per heavy atom. The summed E-state index contributed by atoms with van der Waals surface area (Å²) in [6.07, 6.45) is 0.101. The van der Waals surface area contributed by atoms with Crippen molar-refractivity contribution in [3.63, 3.8) is 0 Å². The SMILES string of the molecule is N=C(N)NCCOCc1ccc2cc(CC(=O)ON3C(=O)CCC3=O)ccc2c1. The summed E-state index contributed by atoms with van der Waals surface area (Å²) in [5.74, 6) is -1.72. The molecule has 3 rings (SSSR count). The van der Waals surface area contributed by atoms with Crippen LogP contribution in [0, 0.1) is 5.41 Å². The van der Waals surface area contributed by atoms with Gasteiger partial charge in [0, 0.05) is 19.4 Å². The van der Waals surface area contributed by atoms with Gasteiger partial charge in [0.2, 0.25) is 0 Å². The second-order valence-electron chi connectivity index (χ2n) is 6.63. The zero-order chi connectivity index (χ0) is 20.8. The second kappa shape index (κ2) is 9.16. The fourth-order valence-corrected chi connectivity index (χ4v) is 2.95. The molecule has 1 saturated heterocycles. The molecule has 1 aliphatic heterocycles. The highest BCUT2D eigenvalue weighted by molar-refractivity contribution is 6.01. The predicted octanol–water partition coefficient (Wildman–Crippen LogP) is 0.989. The Labute approximate surface area is 167 Å². The monoisotopic (exact) mass is 398 g/mol. The molecule has 0 bridgehead atoms. The second-order valence-corrected chi connectivity index (χ2v) is 6.63. The molecule has 9 nitrogen and oxygen atoms in total. The van der Waals surface area contributed by atoms with Crippen LogP contribution in [0.5, 0.6) is 0 Å². The van der Waals surface area contributed by atoms with E-state index in [1.165, 1.54) is 0 Å². The smallest absolute Gasteiger partial charge is 0.337 e. The molecule has 0 aliphatic carbocycles. The number of rotatable bonds is 8. The lowest BCUT2D eigenvalue weighted by Gasteiger charge is -2.12. The zero-order valence-corrected chi connectivity index (χ0v) is 15.8. The molecule has 0 aromatic heterocycles. The summed E-state index contributed by atoms with van der Waals surface area (Å²) in [4.78, 5) is 40.0. The molecule has 1 aliphatic rings. The van der Waals surface area contributed by atoms with Gasteiger partial charge in [-0.1, -0.05) is 30.3 Å². The first-order valence-electron chi connectivity index (χ1n) is 9.16. The maximum Gasteiger partial charge on any atom is 0.337 e. The number of benzene rings is 2. The summed E-state index contributed by atoms with van der Waals surface area (Å²) in [6, 6.07) is 11.4. The van der Waals surface area contributed by atoms with Gasteiger partial charge in [-0.2, -0.15) is 0 Å². The van der Waals surface area contributed by atoms with Gasteiger partial charge in [0.1, 0.15) is 0 Å². The van der Waals surface area contributed by atoms with Gasteiger partial charge in [0.05, 0.1) is 19.6 Å². The fraction of sp³-hybridized carbons (Fsp3) is 0.300. The van der Waals surface area contributed by atoms with E-state index in [-0.39, 0.29) is 25.2 Å². The van der Waals surface area contributed by atoms with E-state index in [1.54, 1.807) is 6.07 Å². The Kier molecular flexibility index (Phi) is 6.40. The molecule has 1 fully saturated rings. The predicted molar refractivity (Wildman–Crippen MR) is 104 cm³/mol. The van der Waals surface area contributed by atoms with E-state index in [4.69, 9.17) is 20.7 Å². The van der Waals surface area contributed by atoms with Gasteiger partial charge < -0.3 is 20.6 Å². The van der Waals surface area contributed by atoms with Gasteiger partial charge in [0.25, 0.3) is 11.8 Å². The van der Waals surface area contributed by atoms with Crippen LogP contribution in [0.3, 0.4) is 0 Å². The van der Waals surface area contributed by atoms with Gasteiger partial charge in [-0.3, -0.25) is 15.0 Å². The van der Waals surface area contributed by atoms with Crippen molar-refractivity contribution in [1.29, 1.82) is 5.41 Å². The van der Waals surface area contributed by atoms with Gasteiger partial charge in [-0.05, 0) is 28.0 Å². The van der Waals surface area contributed by atoms with Crippen molar-refractivity contribution < 1.29 is 24.0 Å².